The average molecular weight is 252 g/mol. The highest BCUT2D eigenvalue weighted by Crippen LogP contribution is 2.14. The molecule has 2 heterocycles. The van der Waals surface area contributed by atoms with E-state index in [9.17, 15) is 9.90 Å². The summed E-state index contributed by atoms with van der Waals surface area (Å²) in [6.07, 6.45) is 2.86. The third kappa shape index (κ3) is 2.70. The Labute approximate surface area is 107 Å². The van der Waals surface area contributed by atoms with Crippen LogP contribution in [0.2, 0.25) is 0 Å². The summed E-state index contributed by atoms with van der Waals surface area (Å²) in [5, 5.41) is 16.7. The second kappa shape index (κ2) is 5.49. The molecule has 2 rings (SSSR count). The molecule has 0 aromatic carbocycles. The van der Waals surface area contributed by atoms with Crippen LogP contribution in [0, 0.1) is 0 Å². The molecule has 1 saturated heterocycles. The normalized spacial score (nSPS) is 21.1. The molecule has 0 amide bonds. The lowest BCUT2D eigenvalue weighted by Crippen LogP contribution is -2.54. The van der Waals surface area contributed by atoms with Crippen molar-refractivity contribution in [2.75, 3.05) is 19.6 Å². The molecule has 6 nitrogen and oxygen atoms in total. The van der Waals surface area contributed by atoms with Crippen molar-refractivity contribution >= 4 is 5.97 Å². The molecule has 6 heteroatoms. The Morgan fingerprint density at radius 1 is 1.67 bits per heavy atom. The number of aliphatic carboxylic acids is 1. The first-order valence-electron chi connectivity index (χ1n) is 6.30. The summed E-state index contributed by atoms with van der Waals surface area (Å²) in [5.41, 5.74) is 2.19. The van der Waals surface area contributed by atoms with Crippen molar-refractivity contribution in [2.45, 2.75) is 25.9 Å². The van der Waals surface area contributed by atoms with Gasteiger partial charge in [-0.3, -0.25) is 14.4 Å². The predicted molar refractivity (Wildman–Crippen MR) is 67.3 cm³/mol. The number of nitrogens with zero attached hydrogens (tertiary/aromatic N) is 3. The molecule has 1 aliphatic rings. The Morgan fingerprint density at radius 3 is 3.11 bits per heavy atom. The minimum absolute atomic E-state index is 0.441. The number of piperazine rings is 1. The number of hydrogen-bond acceptors (Lipinski definition) is 4. The van der Waals surface area contributed by atoms with Gasteiger partial charge in [-0.1, -0.05) is 6.92 Å². The van der Waals surface area contributed by atoms with Crippen molar-refractivity contribution in [3.05, 3.63) is 17.5 Å². The molecule has 1 atom stereocenters. The standard InChI is InChI=1S/C12H20N4O2/c1-3-10-9(7-15(2)14-10)8-16-5-4-13-6-11(16)12(17)18/h7,11,13H,3-6,8H2,1-2H3,(H,17,18). The van der Waals surface area contributed by atoms with Crippen molar-refractivity contribution in [3.8, 4) is 0 Å². The predicted octanol–water partition coefficient (Wildman–Crippen LogP) is -0.159. The van der Waals surface area contributed by atoms with Gasteiger partial charge in [0.15, 0.2) is 0 Å². The fourth-order valence-electron chi connectivity index (χ4n) is 2.41. The molecule has 0 spiro atoms. The number of hydrogen-bond donors (Lipinski definition) is 2. The van der Waals surface area contributed by atoms with E-state index in [1.54, 1.807) is 4.68 Å². The molecule has 1 aromatic rings. The molecule has 0 aliphatic carbocycles. The van der Waals surface area contributed by atoms with Gasteiger partial charge in [0, 0.05) is 45.0 Å². The monoisotopic (exact) mass is 252 g/mol. The fraction of sp³-hybridized carbons (Fsp3) is 0.667. The summed E-state index contributed by atoms with van der Waals surface area (Å²) >= 11 is 0. The Bertz CT molecular complexity index is 430. The lowest BCUT2D eigenvalue weighted by Gasteiger charge is -2.33. The van der Waals surface area contributed by atoms with Crippen LogP contribution in [0.15, 0.2) is 6.20 Å². The van der Waals surface area contributed by atoms with E-state index in [0.29, 0.717) is 13.1 Å². The zero-order chi connectivity index (χ0) is 13.1. The maximum absolute atomic E-state index is 11.2. The SMILES string of the molecule is CCc1nn(C)cc1CN1CCNCC1C(=O)O. The molecular formula is C12H20N4O2. The van der Waals surface area contributed by atoms with Gasteiger partial charge >= 0.3 is 5.97 Å². The van der Waals surface area contributed by atoms with E-state index in [1.165, 1.54) is 0 Å². The highest BCUT2D eigenvalue weighted by atomic mass is 16.4. The zero-order valence-corrected chi connectivity index (χ0v) is 10.9. The van der Waals surface area contributed by atoms with Gasteiger partial charge in [0.1, 0.15) is 6.04 Å². The van der Waals surface area contributed by atoms with E-state index in [1.807, 2.05) is 18.1 Å². The number of nitrogens with one attached hydrogen (secondary N) is 1. The van der Waals surface area contributed by atoms with E-state index in [-0.39, 0.29) is 0 Å². The second-order valence-electron chi connectivity index (χ2n) is 4.66. The van der Waals surface area contributed by atoms with E-state index in [2.05, 4.69) is 17.3 Å². The summed E-state index contributed by atoms with van der Waals surface area (Å²) < 4.78 is 1.80. The molecular weight excluding hydrogens is 232 g/mol. The number of carboxylic acid groups (broad SMARTS) is 1. The molecule has 1 aromatic heterocycles. The highest BCUT2D eigenvalue weighted by Gasteiger charge is 2.28. The highest BCUT2D eigenvalue weighted by molar-refractivity contribution is 5.74. The summed E-state index contributed by atoms with van der Waals surface area (Å²) in [6, 6.07) is -0.441. The first kappa shape index (κ1) is 13.0. The summed E-state index contributed by atoms with van der Waals surface area (Å²) in [7, 11) is 1.90. The second-order valence-corrected chi connectivity index (χ2v) is 4.66. The van der Waals surface area contributed by atoms with E-state index < -0.39 is 12.0 Å². The van der Waals surface area contributed by atoms with Crippen LogP contribution in [-0.2, 0) is 24.8 Å². The molecule has 18 heavy (non-hydrogen) atoms. The lowest BCUT2D eigenvalue weighted by molar-refractivity contribution is -0.144. The maximum Gasteiger partial charge on any atom is 0.322 e. The maximum atomic E-state index is 11.2. The van der Waals surface area contributed by atoms with Crippen LogP contribution < -0.4 is 5.32 Å². The number of rotatable bonds is 4. The lowest BCUT2D eigenvalue weighted by atomic mass is 10.1. The Kier molecular flexibility index (Phi) is 3.98. The molecule has 0 bridgehead atoms. The fourth-order valence-corrected chi connectivity index (χ4v) is 2.41. The average Bonchev–Trinajstić information content (AvgIpc) is 2.70. The largest absolute Gasteiger partial charge is 0.480 e. The number of aromatic nitrogens is 2. The van der Waals surface area contributed by atoms with Gasteiger partial charge in [-0.15, -0.1) is 0 Å². The molecule has 100 valence electrons. The van der Waals surface area contributed by atoms with Crippen LogP contribution in [0.4, 0.5) is 0 Å². The van der Waals surface area contributed by atoms with Crippen LogP contribution in [0.1, 0.15) is 18.2 Å². The van der Waals surface area contributed by atoms with Crippen LogP contribution in [-0.4, -0.2) is 51.4 Å². The van der Waals surface area contributed by atoms with E-state index in [4.69, 9.17) is 0 Å². The zero-order valence-electron chi connectivity index (χ0n) is 10.9. The summed E-state index contributed by atoms with van der Waals surface area (Å²) in [6.45, 7) is 4.84. The third-order valence-corrected chi connectivity index (χ3v) is 3.34. The van der Waals surface area contributed by atoms with Crippen LogP contribution in [0.25, 0.3) is 0 Å². The molecule has 0 saturated carbocycles. The molecule has 1 fully saturated rings. The molecule has 1 aliphatic heterocycles. The van der Waals surface area contributed by atoms with Gasteiger partial charge in [-0.05, 0) is 6.42 Å². The Morgan fingerprint density at radius 2 is 2.44 bits per heavy atom. The van der Waals surface area contributed by atoms with Crippen molar-refractivity contribution in [3.63, 3.8) is 0 Å². The quantitative estimate of drug-likeness (QED) is 0.779. The smallest absolute Gasteiger partial charge is 0.322 e. The van der Waals surface area contributed by atoms with Crippen molar-refractivity contribution in [2.24, 2.45) is 7.05 Å². The molecule has 1 unspecified atom stereocenters. The van der Waals surface area contributed by atoms with Crippen molar-refractivity contribution in [1.29, 1.82) is 0 Å². The molecule has 2 N–H and O–H groups in total. The van der Waals surface area contributed by atoms with E-state index in [0.717, 1.165) is 30.8 Å². The number of aryl methyl sites for hydroxylation is 2. The van der Waals surface area contributed by atoms with Crippen LogP contribution in [0.5, 0.6) is 0 Å². The van der Waals surface area contributed by atoms with Crippen molar-refractivity contribution in [1.82, 2.24) is 20.0 Å². The van der Waals surface area contributed by atoms with Gasteiger partial charge in [-0.25, -0.2) is 0 Å². The van der Waals surface area contributed by atoms with Gasteiger partial charge in [0.05, 0.1) is 5.69 Å². The van der Waals surface area contributed by atoms with Gasteiger partial charge in [-0.2, -0.15) is 5.10 Å². The Balaban J connectivity index is 2.13. The van der Waals surface area contributed by atoms with Gasteiger partial charge in [0.2, 0.25) is 0 Å². The Hall–Kier alpha value is -1.40. The minimum atomic E-state index is -0.760. The van der Waals surface area contributed by atoms with Gasteiger partial charge in [0.25, 0.3) is 0 Å². The minimum Gasteiger partial charge on any atom is -0.480 e. The van der Waals surface area contributed by atoms with Gasteiger partial charge < -0.3 is 10.4 Å². The first-order valence-corrected chi connectivity index (χ1v) is 6.30. The third-order valence-electron chi connectivity index (χ3n) is 3.34. The van der Waals surface area contributed by atoms with Crippen LogP contribution in [0.3, 0.4) is 0 Å². The van der Waals surface area contributed by atoms with E-state index >= 15 is 0 Å². The summed E-state index contributed by atoms with van der Waals surface area (Å²) in [5.74, 6) is -0.760. The first-order chi connectivity index (χ1) is 8.61. The van der Waals surface area contributed by atoms with Crippen molar-refractivity contribution < 1.29 is 9.90 Å². The topological polar surface area (TPSA) is 70.4 Å². The summed E-state index contributed by atoms with van der Waals surface area (Å²) in [4.78, 5) is 13.2. The molecule has 0 radical (unpaired) electrons. The number of carbonyl (C=O) groups is 1. The number of carboxylic acids is 1. The van der Waals surface area contributed by atoms with Crippen LogP contribution >= 0.6 is 0 Å².